The third-order valence-corrected chi connectivity index (χ3v) is 3.74. The highest BCUT2D eigenvalue weighted by atomic mass is 32.2. The predicted octanol–water partition coefficient (Wildman–Crippen LogP) is 2.48. The van der Waals surface area contributed by atoms with E-state index in [9.17, 15) is 17.6 Å². The zero-order valence-electron chi connectivity index (χ0n) is 10.6. The molecule has 104 valence electrons. The standard InChI is InChI=1S/C14H12FNO3S/c1-20(18,19)13-4-2-3-10(9-13)14(17)16-12-7-5-11(15)6-8-12/h2-9H,1H3,(H,16,17). The van der Waals surface area contributed by atoms with Crippen molar-refractivity contribution < 1.29 is 17.6 Å². The number of hydrogen-bond donors (Lipinski definition) is 1. The van der Waals surface area contributed by atoms with Crippen molar-refractivity contribution in [3.05, 3.63) is 59.9 Å². The molecule has 20 heavy (non-hydrogen) atoms. The number of anilines is 1. The molecule has 2 rings (SSSR count). The Hall–Kier alpha value is -2.21. The van der Waals surface area contributed by atoms with Crippen molar-refractivity contribution in [1.29, 1.82) is 0 Å². The fourth-order valence-electron chi connectivity index (χ4n) is 1.60. The molecule has 0 aromatic heterocycles. The van der Waals surface area contributed by atoms with Crippen LogP contribution in [0.25, 0.3) is 0 Å². The van der Waals surface area contributed by atoms with Crippen LogP contribution in [0, 0.1) is 5.82 Å². The van der Waals surface area contributed by atoms with E-state index >= 15 is 0 Å². The van der Waals surface area contributed by atoms with Gasteiger partial charge in [-0.25, -0.2) is 12.8 Å². The van der Waals surface area contributed by atoms with Gasteiger partial charge in [-0.3, -0.25) is 4.79 Å². The summed E-state index contributed by atoms with van der Waals surface area (Å²) in [6.07, 6.45) is 1.07. The van der Waals surface area contributed by atoms with Crippen LogP contribution < -0.4 is 5.32 Å². The van der Waals surface area contributed by atoms with Gasteiger partial charge in [0.05, 0.1) is 4.90 Å². The summed E-state index contributed by atoms with van der Waals surface area (Å²) in [6, 6.07) is 11.0. The van der Waals surface area contributed by atoms with Gasteiger partial charge >= 0.3 is 0 Å². The third-order valence-electron chi connectivity index (χ3n) is 2.63. The van der Waals surface area contributed by atoms with Crippen LogP contribution in [-0.4, -0.2) is 20.6 Å². The van der Waals surface area contributed by atoms with Crippen molar-refractivity contribution in [3.63, 3.8) is 0 Å². The smallest absolute Gasteiger partial charge is 0.255 e. The minimum absolute atomic E-state index is 0.0734. The molecule has 6 heteroatoms. The van der Waals surface area contributed by atoms with Gasteiger partial charge in [0.1, 0.15) is 5.82 Å². The number of amides is 1. The highest BCUT2D eigenvalue weighted by Gasteiger charge is 2.11. The van der Waals surface area contributed by atoms with Crippen LogP contribution in [0.4, 0.5) is 10.1 Å². The quantitative estimate of drug-likeness (QED) is 0.945. The number of benzene rings is 2. The highest BCUT2D eigenvalue weighted by Crippen LogP contribution is 2.14. The Morgan fingerprint density at radius 2 is 1.75 bits per heavy atom. The Morgan fingerprint density at radius 1 is 1.10 bits per heavy atom. The molecular weight excluding hydrogens is 281 g/mol. The molecule has 0 fully saturated rings. The average molecular weight is 293 g/mol. The fourth-order valence-corrected chi connectivity index (χ4v) is 2.27. The summed E-state index contributed by atoms with van der Waals surface area (Å²) < 4.78 is 35.6. The molecule has 0 aliphatic rings. The first-order valence-corrected chi connectivity index (χ1v) is 7.62. The van der Waals surface area contributed by atoms with Crippen molar-refractivity contribution in [2.75, 3.05) is 11.6 Å². The molecule has 0 aliphatic carbocycles. The lowest BCUT2D eigenvalue weighted by Crippen LogP contribution is -2.12. The molecule has 0 atom stereocenters. The minimum Gasteiger partial charge on any atom is -0.322 e. The number of hydrogen-bond acceptors (Lipinski definition) is 3. The number of carbonyl (C=O) groups excluding carboxylic acids is 1. The summed E-state index contributed by atoms with van der Waals surface area (Å²) in [5.41, 5.74) is 0.651. The fraction of sp³-hybridized carbons (Fsp3) is 0.0714. The minimum atomic E-state index is -3.37. The van der Waals surface area contributed by atoms with Crippen LogP contribution in [0.2, 0.25) is 0 Å². The number of carbonyl (C=O) groups is 1. The molecule has 0 heterocycles. The van der Waals surface area contributed by atoms with Gasteiger partial charge in [-0.2, -0.15) is 0 Å². The van der Waals surface area contributed by atoms with E-state index in [2.05, 4.69) is 5.32 Å². The van der Waals surface area contributed by atoms with Crippen LogP contribution >= 0.6 is 0 Å². The second kappa shape index (κ2) is 5.42. The molecule has 0 saturated heterocycles. The molecule has 0 aliphatic heterocycles. The SMILES string of the molecule is CS(=O)(=O)c1cccc(C(=O)Nc2ccc(F)cc2)c1. The van der Waals surface area contributed by atoms with Crippen LogP contribution in [0.3, 0.4) is 0 Å². The summed E-state index contributed by atoms with van der Waals surface area (Å²) >= 11 is 0. The van der Waals surface area contributed by atoms with E-state index in [1.54, 1.807) is 0 Å². The number of halogens is 1. The van der Waals surface area contributed by atoms with Gasteiger partial charge in [0.15, 0.2) is 9.84 Å². The molecule has 0 spiro atoms. The molecule has 1 N–H and O–H groups in total. The molecule has 0 bridgehead atoms. The molecule has 1 amide bonds. The Morgan fingerprint density at radius 3 is 2.35 bits per heavy atom. The predicted molar refractivity (Wildman–Crippen MR) is 73.9 cm³/mol. The largest absolute Gasteiger partial charge is 0.322 e. The second-order valence-electron chi connectivity index (χ2n) is 4.26. The van der Waals surface area contributed by atoms with Gasteiger partial charge in [-0.15, -0.1) is 0 Å². The lowest BCUT2D eigenvalue weighted by atomic mass is 10.2. The Balaban J connectivity index is 2.23. The summed E-state index contributed by atoms with van der Waals surface area (Å²) in [7, 11) is -3.37. The van der Waals surface area contributed by atoms with Crippen LogP contribution in [0.5, 0.6) is 0 Å². The lowest BCUT2D eigenvalue weighted by molar-refractivity contribution is 0.102. The Bertz CT molecular complexity index is 739. The van der Waals surface area contributed by atoms with E-state index < -0.39 is 21.6 Å². The van der Waals surface area contributed by atoms with Gasteiger partial charge < -0.3 is 5.32 Å². The molecule has 2 aromatic carbocycles. The number of sulfone groups is 1. The van der Waals surface area contributed by atoms with Crippen LogP contribution in [-0.2, 0) is 9.84 Å². The molecule has 0 radical (unpaired) electrons. The van der Waals surface area contributed by atoms with E-state index in [0.717, 1.165) is 6.26 Å². The first-order valence-electron chi connectivity index (χ1n) is 5.73. The molecular formula is C14H12FNO3S. The summed E-state index contributed by atoms with van der Waals surface area (Å²) in [6.45, 7) is 0. The Labute approximate surface area is 116 Å². The summed E-state index contributed by atoms with van der Waals surface area (Å²) in [5, 5.41) is 2.56. The molecule has 4 nitrogen and oxygen atoms in total. The maximum absolute atomic E-state index is 12.8. The van der Waals surface area contributed by atoms with Crippen molar-refractivity contribution in [2.24, 2.45) is 0 Å². The highest BCUT2D eigenvalue weighted by molar-refractivity contribution is 7.90. The van der Waals surface area contributed by atoms with Crippen molar-refractivity contribution in [1.82, 2.24) is 0 Å². The van der Waals surface area contributed by atoms with Gasteiger partial charge in [0, 0.05) is 17.5 Å². The Kier molecular flexibility index (Phi) is 3.85. The maximum Gasteiger partial charge on any atom is 0.255 e. The van der Waals surface area contributed by atoms with Crippen molar-refractivity contribution >= 4 is 21.4 Å². The van der Waals surface area contributed by atoms with E-state index in [1.807, 2.05) is 0 Å². The van der Waals surface area contributed by atoms with Gasteiger partial charge in [-0.05, 0) is 42.5 Å². The zero-order chi connectivity index (χ0) is 14.8. The topological polar surface area (TPSA) is 63.2 Å². The maximum atomic E-state index is 12.8. The monoisotopic (exact) mass is 293 g/mol. The van der Waals surface area contributed by atoms with Gasteiger partial charge in [0.2, 0.25) is 0 Å². The van der Waals surface area contributed by atoms with Gasteiger partial charge in [-0.1, -0.05) is 6.07 Å². The number of rotatable bonds is 3. The zero-order valence-corrected chi connectivity index (χ0v) is 11.4. The van der Waals surface area contributed by atoms with E-state index in [-0.39, 0.29) is 10.5 Å². The average Bonchev–Trinajstić information content (AvgIpc) is 2.40. The molecule has 0 unspecified atom stereocenters. The van der Waals surface area contributed by atoms with E-state index in [1.165, 1.54) is 48.5 Å². The van der Waals surface area contributed by atoms with Crippen LogP contribution in [0.1, 0.15) is 10.4 Å². The summed E-state index contributed by atoms with van der Waals surface area (Å²) in [4.78, 5) is 12.1. The first kappa shape index (κ1) is 14.2. The van der Waals surface area contributed by atoms with E-state index in [0.29, 0.717) is 5.69 Å². The molecule has 2 aromatic rings. The van der Waals surface area contributed by atoms with Crippen LogP contribution in [0.15, 0.2) is 53.4 Å². The summed E-state index contributed by atoms with van der Waals surface area (Å²) in [5.74, 6) is -0.857. The number of nitrogens with one attached hydrogen (secondary N) is 1. The normalized spacial score (nSPS) is 11.1. The van der Waals surface area contributed by atoms with E-state index in [4.69, 9.17) is 0 Å². The van der Waals surface area contributed by atoms with Crippen molar-refractivity contribution in [3.8, 4) is 0 Å². The molecule has 0 saturated carbocycles. The van der Waals surface area contributed by atoms with Gasteiger partial charge in [0.25, 0.3) is 5.91 Å². The second-order valence-corrected chi connectivity index (χ2v) is 6.28. The van der Waals surface area contributed by atoms with Crippen molar-refractivity contribution in [2.45, 2.75) is 4.90 Å². The first-order chi connectivity index (χ1) is 9.36. The lowest BCUT2D eigenvalue weighted by Gasteiger charge is -2.06. The third kappa shape index (κ3) is 3.42.